The number of hydrogen-bond acceptors (Lipinski definition) is 3. The predicted molar refractivity (Wildman–Crippen MR) is 85.6 cm³/mol. The summed E-state index contributed by atoms with van der Waals surface area (Å²) in [5.41, 5.74) is 7.45. The van der Waals surface area contributed by atoms with Crippen molar-refractivity contribution in [2.24, 2.45) is 5.73 Å². The topological polar surface area (TPSA) is 48.4 Å². The van der Waals surface area contributed by atoms with Gasteiger partial charge in [-0.2, -0.15) is 0 Å². The molecule has 0 radical (unpaired) electrons. The molecule has 2 unspecified atom stereocenters. The molecule has 0 aliphatic rings. The molecule has 3 nitrogen and oxygen atoms in total. The maximum atomic E-state index is 6.04. The van der Waals surface area contributed by atoms with E-state index in [1.165, 1.54) is 5.56 Å². The average Bonchev–Trinajstić information content (AvgIpc) is 2.81. The van der Waals surface area contributed by atoms with Gasteiger partial charge in [-0.25, -0.2) is 0 Å². The molecular formula is C18H25NO2. The van der Waals surface area contributed by atoms with Crippen LogP contribution in [-0.2, 0) is 5.41 Å². The van der Waals surface area contributed by atoms with E-state index >= 15 is 0 Å². The molecule has 3 heteroatoms. The van der Waals surface area contributed by atoms with Gasteiger partial charge in [0, 0.05) is 6.04 Å². The lowest BCUT2D eigenvalue weighted by atomic mass is 9.87. The first kappa shape index (κ1) is 15.6. The van der Waals surface area contributed by atoms with Gasteiger partial charge in [0.05, 0.1) is 0 Å². The van der Waals surface area contributed by atoms with Gasteiger partial charge in [-0.15, -0.1) is 0 Å². The van der Waals surface area contributed by atoms with Crippen LogP contribution in [0.3, 0.4) is 0 Å². The molecule has 1 heterocycles. The first-order valence-electron chi connectivity index (χ1n) is 7.36. The molecule has 0 bridgehead atoms. The standard InChI is InChI=1S/C18H25NO2/c1-12-6-11-16(20-12)17(13(2)19)21-15-9-7-14(8-10-15)18(3,4)5/h6-11,13,17H,19H2,1-5H3. The zero-order valence-electron chi connectivity index (χ0n) is 13.5. The Kier molecular flexibility index (Phi) is 4.43. The fourth-order valence-corrected chi connectivity index (χ4v) is 2.21. The summed E-state index contributed by atoms with van der Waals surface area (Å²) in [5.74, 6) is 2.43. The molecular weight excluding hydrogens is 262 g/mol. The van der Waals surface area contributed by atoms with E-state index in [1.807, 2.05) is 38.1 Å². The third-order valence-electron chi connectivity index (χ3n) is 3.50. The highest BCUT2D eigenvalue weighted by Crippen LogP contribution is 2.28. The maximum Gasteiger partial charge on any atom is 0.171 e. The number of benzene rings is 1. The summed E-state index contributed by atoms with van der Waals surface area (Å²) in [6.07, 6.45) is -0.279. The second-order valence-corrected chi connectivity index (χ2v) is 6.62. The molecule has 2 atom stereocenters. The van der Waals surface area contributed by atoms with Crippen molar-refractivity contribution in [3.63, 3.8) is 0 Å². The van der Waals surface area contributed by atoms with E-state index in [0.717, 1.165) is 17.3 Å². The zero-order chi connectivity index (χ0) is 15.6. The Hall–Kier alpha value is -1.74. The number of rotatable bonds is 4. The highest BCUT2D eigenvalue weighted by molar-refractivity contribution is 5.31. The SMILES string of the molecule is Cc1ccc(C(Oc2ccc(C(C)(C)C)cc2)C(C)N)o1. The molecule has 1 aromatic heterocycles. The fraction of sp³-hybridized carbons (Fsp3) is 0.444. The minimum atomic E-state index is -0.279. The molecule has 0 aliphatic carbocycles. The normalized spacial score (nSPS) is 14.8. The van der Waals surface area contributed by atoms with Crippen molar-refractivity contribution in [2.75, 3.05) is 0 Å². The van der Waals surface area contributed by atoms with Gasteiger partial charge in [0.15, 0.2) is 6.10 Å². The minimum absolute atomic E-state index is 0.136. The van der Waals surface area contributed by atoms with Gasteiger partial charge in [0.1, 0.15) is 17.3 Å². The molecule has 114 valence electrons. The van der Waals surface area contributed by atoms with Crippen molar-refractivity contribution < 1.29 is 9.15 Å². The Morgan fingerprint density at radius 2 is 1.67 bits per heavy atom. The highest BCUT2D eigenvalue weighted by atomic mass is 16.5. The van der Waals surface area contributed by atoms with E-state index in [-0.39, 0.29) is 17.6 Å². The second kappa shape index (κ2) is 5.94. The van der Waals surface area contributed by atoms with Crippen LogP contribution in [0, 0.1) is 6.92 Å². The van der Waals surface area contributed by atoms with E-state index < -0.39 is 0 Å². The van der Waals surface area contributed by atoms with Gasteiger partial charge in [-0.1, -0.05) is 32.9 Å². The van der Waals surface area contributed by atoms with E-state index in [4.69, 9.17) is 14.9 Å². The molecule has 0 spiro atoms. The summed E-state index contributed by atoms with van der Waals surface area (Å²) < 4.78 is 11.7. The number of furan rings is 1. The Labute approximate surface area is 127 Å². The smallest absolute Gasteiger partial charge is 0.171 e. The Morgan fingerprint density at radius 1 is 1.05 bits per heavy atom. The molecule has 2 N–H and O–H groups in total. The van der Waals surface area contributed by atoms with E-state index in [2.05, 4.69) is 32.9 Å². The zero-order valence-corrected chi connectivity index (χ0v) is 13.5. The second-order valence-electron chi connectivity index (χ2n) is 6.62. The molecule has 2 rings (SSSR count). The van der Waals surface area contributed by atoms with Crippen LogP contribution in [0.4, 0.5) is 0 Å². The van der Waals surface area contributed by atoms with Crippen molar-refractivity contribution in [3.8, 4) is 5.75 Å². The molecule has 2 aromatic rings. The maximum absolute atomic E-state index is 6.04. The van der Waals surface area contributed by atoms with Crippen molar-refractivity contribution in [3.05, 3.63) is 53.5 Å². The lowest BCUT2D eigenvalue weighted by Crippen LogP contribution is -2.28. The minimum Gasteiger partial charge on any atom is -0.481 e. The molecule has 1 aromatic carbocycles. The number of hydrogen-bond donors (Lipinski definition) is 1. The summed E-state index contributed by atoms with van der Waals surface area (Å²) in [7, 11) is 0. The molecule has 21 heavy (non-hydrogen) atoms. The van der Waals surface area contributed by atoms with Crippen molar-refractivity contribution in [1.82, 2.24) is 0 Å². The summed E-state index contributed by atoms with van der Waals surface area (Å²) in [4.78, 5) is 0. The summed E-state index contributed by atoms with van der Waals surface area (Å²) >= 11 is 0. The third kappa shape index (κ3) is 3.88. The average molecular weight is 287 g/mol. The van der Waals surface area contributed by atoms with Crippen molar-refractivity contribution >= 4 is 0 Å². The fourth-order valence-electron chi connectivity index (χ4n) is 2.21. The highest BCUT2D eigenvalue weighted by Gasteiger charge is 2.22. The Bertz CT molecular complexity index is 576. The first-order chi connectivity index (χ1) is 9.77. The molecule has 0 saturated carbocycles. The quantitative estimate of drug-likeness (QED) is 0.909. The van der Waals surface area contributed by atoms with Gasteiger partial charge in [0.25, 0.3) is 0 Å². The molecule has 0 saturated heterocycles. The monoisotopic (exact) mass is 287 g/mol. The van der Waals surface area contributed by atoms with Crippen LogP contribution >= 0.6 is 0 Å². The van der Waals surface area contributed by atoms with Crippen LogP contribution in [-0.4, -0.2) is 6.04 Å². The van der Waals surface area contributed by atoms with Crippen molar-refractivity contribution in [2.45, 2.75) is 52.2 Å². The van der Waals surface area contributed by atoms with Gasteiger partial charge in [-0.3, -0.25) is 0 Å². The molecule has 0 aliphatic heterocycles. The third-order valence-corrected chi connectivity index (χ3v) is 3.50. The number of nitrogens with two attached hydrogens (primary N) is 1. The van der Waals surface area contributed by atoms with E-state index in [9.17, 15) is 0 Å². The van der Waals surface area contributed by atoms with Crippen LogP contribution < -0.4 is 10.5 Å². The molecule has 0 amide bonds. The number of ether oxygens (including phenoxy) is 1. The summed E-state index contributed by atoms with van der Waals surface area (Å²) in [5, 5.41) is 0. The summed E-state index contributed by atoms with van der Waals surface area (Å²) in [6.45, 7) is 10.4. The van der Waals surface area contributed by atoms with E-state index in [0.29, 0.717) is 0 Å². The van der Waals surface area contributed by atoms with Gasteiger partial charge in [-0.05, 0) is 49.1 Å². The predicted octanol–water partition coefficient (Wildman–Crippen LogP) is 4.35. The van der Waals surface area contributed by atoms with E-state index in [1.54, 1.807) is 0 Å². The van der Waals surface area contributed by atoms with Gasteiger partial charge in [0.2, 0.25) is 0 Å². The lowest BCUT2D eigenvalue weighted by molar-refractivity contribution is 0.151. The Balaban J connectivity index is 2.18. The molecule has 0 fully saturated rings. The summed E-state index contributed by atoms with van der Waals surface area (Å²) in [6, 6.07) is 11.9. The largest absolute Gasteiger partial charge is 0.481 e. The number of aryl methyl sites for hydroxylation is 1. The van der Waals surface area contributed by atoms with Crippen LogP contribution in [0.5, 0.6) is 5.75 Å². The van der Waals surface area contributed by atoms with Crippen molar-refractivity contribution in [1.29, 1.82) is 0 Å². The Morgan fingerprint density at radius 3 is 2.10 bits per heavy atom. The van der Waals surface area contributed by atoms with Crippen LogP contribution in [0.15, 0.2) is 40.8 Å². The van der Waals surface area contributed by atoms with Gasteiger partial charge >= 0.3 is 0 Å². The van der Waals surface area contributed by atoms with Crippen LogP contribution in [0.1, 0.15) is 50.9 Å². The van der Waals surface area contributed by atoms with Gasteiger partial charge < -0.3 is 14.9 Å². The lowest BCUT2D eigenvalue weighted by Gasteiger charge is -2.22. The van der Waals surface area contributed by atoms with Crippen LogP contribution in [0.25, 0.3) is 0 Å². The first-order valence-corrected chi connectivity index (χ1v) is 7.36. The van der Waals surface area contributed by atoms with Crippen LogP contribution in [0.2, 0.25) is 0 Å².